The fourth-order valence-electron chi connectivity index (χ4n) is 3.10. The second kappa shape index (κ2) is 6.51. The van der Waals surface area contributed by atoms with Crippen LogP contribution in [0.4, 0.5) is 0 Å². The summed E-state index contributed by atoms with van der Waals surface area (Å²) in [6, 6.07) is 6.33. The van der Waals surface area contributed by atoms with E-state index in [4.69, 9.17) is 4.74 Å². The lowest BCUT2D eigenvalue weighted by molar-refractivity contribution is 0.378. The van der Waals surface area contributed by atoms with Gasteiger partial charge >= 0.3 is 6.01 Å². The summed E-state index contributed by atoms with van der Waals surface area (Å²) >= 11 is 0. The van der Waals surface area contributed by atoms with Crippen LogP contribution in [0.25, 0.3) is 0 Å². The smallest absolute Gasteiger partial charge is 0.316 e. The van der Waals surface area contributed by atoms with Gasteiger partial charge in [0, 0.05) is 17.5 Å². The van der Waals surface area contributed by atoms with Crippen LogP contribution in [-0.2, 0) is 28.4 Å². The molecular weight excluding hydrogens is 324 g/mol. The molecule has 24 heavy (non-hydrogen) atoms. The monoisotopic (exact) mass is 346 g/mol. The number of aryl methyl sites for hydroxylation is 3. The number of nitrogens with zero attached hydrogens (tertiary/aromatic N) is 2. The lowest BCUT2D eigenvalue weighted by Gasteiger charge is -2.15. The molecule has 0 radical (unpaired) electrons. The summed E-state index contributed by atoms with van der Waals surface area (Å²) in [7, 11) is -1.86. The summed E-state index contributed by atoms with van der Waals surface area (Å²) < 4.78 is 30.6. The summed E-state index contributed by atoms with van der Waals surface area (Å²) in [6.45, 7) is 3.53. The zero-order valence-electron chi connectivity index (χ0n) is 14.2. The van der Waals surface area contributed by atoms with Crippen molar-refractivity contribution in [2.24, 2.45) is 0 Å². The highest BCUT2D eigenvalue weighted by molar-refractivity contribution is 7.90. The van der Waals surface area contributed by atoms with Gasteiger partial charge in [-0.3, -0.25) is 0 Å². The van der Waals surface area contributed by atoms with E-state index < -0.39 is 15.1 Å². The maximum atomic E-state index is 12.8. The number of methoxy groups -OCH3 is 1. The van der Waals surface area contributed by atoms with Gasteiger partial charge in [-0.05, 0) is 49.8 Å². The molecule has 6 heteroatoms. The van der Waals surface area contributed by atoms with Gasteiger partial charge in [-0.2, -0.15) is 0 Å². The number of ether oxygens (including phenoxy) is 1. The van der Waals surface area contributed by atoms with Crippen molar-refractivity contribution in [3.8, 4) is 6.01 Å². The van der Waals surface area contributed by atoms with Crippen LogP contribution in [0.5, 0.6) is 6.01 Å². The molecule has 3 rings (SSSR count). The zero-order valence-corrected chi connectivity index (χ0v) is 15.1. The molecule has 1 aromatic heterocycles. The minimum atomic E-state index is -3.35. The van der Waals surface area contributed by atoms with E-state index in [-0.39, 0.29) is 11.8 Å². The average Bonchev–Trinajstić information content (AvgIpc) is 3.03. The summed E-state index contributed by atoms with van der Waals surface area (Å²) in [5.74, 6) is -0.0684. The standard InChI is InChI=1S/C18H22N2O3S/c1-12-17(10-19-18(20-12)23-3)11-24(21,22)13(2)15-8-7-14-5-4-6-16(14)9-15/h7-10,13H,4-6,11H2,1-3H3. The molecule has 5 nitrogen and oxygen atoms in total. The van der Waals surface area contributed by atoms with Crippen LogP contribution in [0.3, 0.4) is 0 Å². The van der Waals surface area contributed by atoms with E-state index in [1.165, 1.54) is 24.4 Å². The van der Waals surface area contributed by atoms with Gasteiger partial charge in [0.25, 0.3) is 0 Å². The summed E-state index contributed by atoms with van der Waals surface area (Å²) in [5.41, 5.74) is 4.75. The number of benzene rings is 1. The normalized spacial score (nSPS) is 15.1. The molecule has 1 unspecified atom stereocenters. The van der Waals surface area contributed by atoms with Crippen molar-refractivity contribution < 1.29 is 13.2 Å². The molecule has 0 saturated carbocycles. The maximum absolute atomic E-state index is 12.8. The third kappa shape index (κ3) is 3.29. The Kier molecular flexibility index (Phi) is 4.58. The van der Waals surface area contributed by atoms with Crippen LogP contribution in [0.15, 0.2) is 24.4 Å². The maximum Gasteiger partial charge on any atom is 0.316 e. The van der Waals surface area contributed by atoms with E-state index in [1.54, 1.807) is 13.8 Å². The van der Waals surface area contributed by atoms with E-state index in [0.717, 1.165) is 24.8 Å². The number of aromatic nitrogens is 2. The van der Waals surface area contributed by atoms with Crippen LogP contribution >= 0.6 is 0 Å². The fourth-order valence-corrected chi connectivity index (χ4v) is 4.63. The van der Waals surface area contributed by atoms with E-state index in [0.29, 0.717) is 11.3 Å². The Labute approximate surface area is 143 Å². The Morgan fingerprint density at radius 3 is 2.71 bits per heavy atom. The fraction of sp³-hybridized carbons (Fsp3) is 0.444. The van der Waals surface area contributed by atoms with E-state index >= 15 is 0 Å². The van der Waals surface area contributed by atoms with Crippen molar-refractivity contribution in [3.05, 3.63) is 52.3 Å². The first-order valence-corrected chi connectivity index (χ1v) is 9.82. The number of hydrogen-bond acceptors (Lipinski definition) is 5. The average molecular weight is 346 g/mol. The van der Waals surface area contributed by atoms with Gasteiger partial charge in [0.1, 0.15) is 0 Å². The Morgan fingerprint density at radius 1 is 1.25 bits per heavy atom. The van der Waals surface area contributed by atoms with Crippen molar-refractivity contribution in [1.82, 2.24) is 9.97 Å². The Balaban J connectivity index is 1.84. The number of sulfone groups is 1. The summed E-state index contributed by atoms with van der Waals surface area (Å²) in [4.78, 5) is 8.18. The van der Waals surface area contributed by atoms with E-state index in [2.05, 4.69) is 22.1 Å². The van der Waals surface area contributed by atoms with Gasteiger partial charge < -0.3 is 4.74 Å². The molecule has 1 aromatic carbocycles. The summed E-state index contributed by atoms with van der Waals surface area (Å²) in [6.07, 6.45) is 4.83. The minimum Gasteiger partial charge on any atom is -0.467 e. The van der Waals surface area contributed by atoms with Gasteiger partial charge in [0.15, 0.2) is 9.84 Å². The molecule has 1 heterocycles. The van der Waals surface area contributed by atoms with Crippen molar-refractivity contribution in [2.45, 2.75) is 44.1 Å². The lowest BCUT2D eigenvalue weighted by Crippen LogP contribution is -2.14. The van der Waals surface area contributed by atoms with Gasteiger partial charge in [-0.25, -0.2) is 18.4 Å². The van der Waals surface area contributed by atoms with Crippen molar-refractivity contribution in [2.75, 3.05) is 7.11 Å². The Morgan fingerprint density at radius 2 is 2.00 bits per heavy atom. The quantitative estimate of drug-likeness (QED) is 0.832. The molecule has 0 N–H and O–H groups in total. The largest absolute Gasteiger partial charge is 0.467 e. The topological polar surface area (TPSA) is 69.2 Å². The first-order chi connectivity index (χ1) is 11.4. The third-order valence-electron chi connectivity index (χ3n) is 4.73. The Bertz CT molecular complexity index is 863. The molecule has 0 amide bonds. The molecule has 0 aliphatic heterocycles. The highest BCUT2D eigenvalue weighted by atomic mass is 32.2. The first-order valence-electron chi connectivity index (χ1n) is 8.10. The van der Waals surface area contributed by atoms with Crippen LogP contribution < -0.4 is 4.74 Å². The van der Waals surface area contributed by atoms with Crippen molar-refractivity contribution >= 4 is 9.84 Å². The number of fused-ring (bicyclic) bond motifs is 1. The van der Waals surface area contributed by atoms with Gasteiger partial charge in [0.2, 0.25) is 0 Å². The highest BCUT2D eigenvalue weighted by Gasteiger charge is 2.25. The van der Waals surface area contributed by atoms with Gasteiger partial charge in [-0.15, -0.1) is 0 Å². The highest BCUT2D eigenvalue weighted by Crippen LogP contribution is 2.30. The molecule has 128 valence electrons. The van der Waals surface area contributed by atoms with Crippen LogP contribution in [0.2, 0.25) is 0 Å². The van der Waals surface area contributed by atoms with Crippen molar-refractivity contribution in [3.63, 3.8) is 0 Å². The van der Waals surface area contributed by atoms with E-state index in [9.17, 15) is 8.42 Å². The molecular formula is C18H22N2O3S. The SMILES string of the molecule is COc1ncc(CS(=O)(=O)C(C)c2ccc3c(c2)CCC3)c(C)n1. The molecule has 1 aliphatic rings. The Hall–Kier alpha value is -1.95. The van der Waals surface area contributed by atoms with Gasteiger partial charge in [0.05, 0.1) is 18.1 Å². The first kappa shape index (κ1) is 16.9. The van der Waals surface area contributed by atoms with Gasteiger partial charge in [-0.1, -0.05) is 18.2 Å². The molecule has 1 aliphatic carbocycles. The minimum absolute atomic E-state index is 0.0684. The second-order valence-corrected chi connectivity index (χ2v) is 8.62. The van der Waals surface area contributed by atoms with Crippen molar-refractivity contribution in [1.29, 1.82) is 0 Å². The number of hydrogen-bond donors (Lipinski definition) is 0. The number of rotatable bonds is 5. The van der Waals surface area contributed by atoms with Crippen LogP contribution in [0.1, 0.15) is 46.5 Å². The molecule has 0 spiro atoms. The summed E-state index contributed by atoms with van der Waals surface area (Å²) in [5, 5.41) is -0.551. The van der Waals surface area contributed by atoms with Crippen LogP contribution in [0, 0.1) is 6.92 Å². The molecule has 2 aromatic rings. The lowest BCUT2D eigenvalue weighted by atomic mass is 10.0. The third-order valence-corrected chi connectivity index (χ3v) is 6.79. The predicted octanol–water partition coefficient (Wildman–Crippen LogP) is 2.96. The zero-order chi connectivity index (χ0) is 17.3. The predicted molar refractivity (Wildman–Crippen MR) is 92.8 cm³/mol. The second-order valence-electron chi connectivity index (χ2n) is 6.30. The molecule has 0 fully saturated rings. The van der Waals surface area contributed by atoms with Crippen LogP contribution in [-0.4, -0.2) is 25.5 Å². The molecule has 1 atom stereocenters. The molecule has 0 saturated heterocycles. The molecule has 0 bridgehead atoms. The van der Waals surface area contributed by atoms with E-state index in [1.807, 2.05) is 6.07 Å².